The van der Waals surface area contributed by atoms with E-state index < -0.39 is 30.6 Å². The third-order valence-electron chi connectivity index (χ3n) is 6.19. The zero-order valence-electron chi connectivity index (χ0n) is 20.3. The summed E-state index contributed by atoms with van der Waals surface area (Å²) in [6.07, 6.45) is -4.50. The largest absolute Gasteiger partial charge is 0.475 e. The van der Waals surface area contributed by atoms with Crippen LogP contribution in [0.4, 0.5) is 33.9 Å². The van der Waals surface area contributed by atoms with E-state index in [-0.39, 0.29) is 37.9 Å². The summed E-state index contributed by atoms with van der Waals surface area (Å²) in [5.41, 5.74) is 1.63. The molecule has 4 rings (SSSR count). The number of aliphatic hydroxyl groups excluding tert-OH is 1. The summed E-state index contributed by atoms with van der Waals surface area (Å²) in [4.78, 5) is 20.3. The van der Waals surface area contributed by atoms with E-state index >= 15 is 0 Å². The minimum absolute atomic E-state index is 0.0306. The van der Waals surface area contributed by atoms with E-state index in [1.54, 1.807) is 13.0 Å². The predicted octanol–water partition coefficient (Wildman–Crippen LogP) is 2.77. The van der Waals surface area contributed by atoms with Crippen LogP contribution in [0, 0.1) is 12.7 Å². The number of hydrogen-bond donors (Lipinski definition) is 3. The molecule has 9 nitrogen and oxygen atoms in total. The van der Waals surface area contributed by atoms with Gasteiger partial charge in [-0.15, -0.1) is 0 Å². The molecule has 1 unspecified atom stereocenters. The quantitative estimate of drug-likeness (QED) is 0.497. The number of alkyl halides is 3. The first-order valence-corrected chi connectivity index (χ1v) is 11.9. The van der Waals surface area contributed by atoms with Crippen LogP contribution >= 0.6 is 0 Å². The Balaban J connectivity index is 1.62. The van der Waals surface area contributed by atoms with Crippen LogP contribution in [0.1, 0.15) is 5.56 Å². The molecule has 2 saturated heterocycles. The van der Waals surface area contributed by atoms with Gasteiger partial charge in [-0.25, -0.2) is 9.18 Å². The van der Waals surface area contributed by atoms with Crippen molar-refractivity contribution in [3.63, 3.8) is 0 Å². The van der Waals surface area contributed by atoms with Crippen LogP contribution in [-0.4, -0.2) is 92.4 Å². The van der Waals surface area contributed by atoms with Gasteiger partial charge in [0.1, 0.15) is 24.3 Å². The summed E-state index contributed by atoms with van der Waals surface area (Å²) in [7, 11) is 0. The summed E-state index contributed by atoms with van der Waals surface area (Å²) in [6.45, 7) is 3.28. The number of carbonyl (C=O) groups excluding carboxylic acids is 1. The fourth-order valence-corrected chi connectivity index (χ4v) is 4.25. The van der Waals surface area contributed by atoms with Gasteiger partial charge in [-0.3, -0.25) is 0 Å². The number of hydrogen-bond acceptors (Lipinski definition) is 7. The number of anilines is 2. The van der Waals surface area contributed by atoms with E-state index in [0.29, 0.717) is 48.8 Å². The van der Waals surface area contributed by atoms with E-state index in [9.17, 15) is 22.4 Å². The number of morpholine rings is 1. The highest BCUT2D eigenvalue weighted by Gasteiger charge is 2.42. The number of nitrogens with one attached hydrogen (secondary N) is 2. The Kier molecular flexibility index (Phi) is 8.35. The molecule has 2 aliphatic heterocycles. The van der Waals surface area contributed by atoms with Crippen LogP contribution < -0.4 is 20.3 Å². The summed E-state index contributed by atoms with van der Waals surface area (Å²) in [5, 5.41) is 13.9. The van der Waals surface area contributed by atoms with Gasteiger partial charge in [0, 0.05) is 38.8 Å². The molecule has 2 amide bonds. The van der Waals surface area contributed by atoms with Crippen LogP contribution in [0.5, 0.6) is 5.88 Å². The Bertz CT molecular complexity index is 1110. The monoisotopic (exact) mass is 527 g/mol. The fourth-order valence-electron chi connectivity index (χ4n) is 4.25. The third-order valence-corrected chi connectivity index (χ3v) is 6.19. The van der Waals surface area contributed by atoms with Crippen molar-refractivity contribution in [2.24, 2.45) is 0 Å². The second-order valence-corrected chi connectivity index (χ2v) is 8.80. The lowest BCUT2D eigenvalue weighted by molar-refractivity contribution is -0.162. The molecule has 13 heteroatoms. The Labute approximate surface area is 211 Å². The topological polar surface area (TPSA) is 99.2 Å². The predicted molar refractivity (Wildman–Crippen MR) is 128 cm³/mol. The van der Waals surface area contributed by atoms with Gasteiger partial charge in [0.2, 0.25) is 5.88 Å². The SMILES string of the molecule is Cc1cc(F)c(NC(=O)N2CCNC(C(F)(F)F)C2)cc1-c1cc(OCCO)nc(N2CCOCC2)c1. The molecule has 2 aromatic rings. The number of ether oxygens (including phenoxy) is 2. The molecule has 37 heavy (non-hydrogen) atoms. The van der Waals surface area contributed by atoms with Crippen molar-refractivity contribution < 1.29 is 36.9 Å². The lowest BCUT2D eigenvalue weighted by Crippen LogP contribution is -2.58. The third kappa shape index (κ3) is 6.59. The number of urea groups is 1. The van der Waals surface area contributed by atoms with Crippen molar-refractivity contribution >= 4 is 17.5 Å². The highest BCUT2D eigenvalue weighted by molar-refractivity contribution is 5.91. The zero-order chi connectivity index (χ0) is 26.6. The molecule has 1 aromatic carbocycles. The van der Waals surface area contributed by atoms with Gasteiger partial charge in [0.25, 0.3) is 0 Å². The van der Waals surface area contributed by atoms with Crippen LogP contribution in [-0.2, 0) is 4.74 Å². The maximum atomic E-state index is 14.8. The van der Waals surface area contributed by atoms with E-state index in [1.807, 2.05) is 11.0 Å². The molecule has 0 radical (unpaired) electrons. The van der Waals surface area contributed by atoms with Gasteiger partial charge in [0.15, 0.2) is 0 Å². The van der Waals surface area contributed by atoms with Gasteiger partial charge in [-0.2, -0.15) is 18.2 Å². The normalized spacial score (nSPS) is 18.6. The molecule has 0 aliphatic carbocycles. The first kappa shape index (κ1) is 26.9. The molecule has 1 atom stereocenters. The Morgan fingerprint density at radius 2 is 2.00 bits per heavy atom. The molecule has 1 aromatic heterocycles. The van der Waals surface area contributed by atoms with E-state index in [1.165, 1.54) is 12.1 Å². The molecular weight excluding hydrogens is 498 g/mol. The average Bonchev–Trinajstić information content (AvgIpc) is 2.89. The van der Waals surface area contributed by atoms with Crippen LogP contribution in [0.2, 0.25) is 0 Å². The first-order valence-electron chi connectivity index (χ1n) is 11.9. The van der Waals surface area contributed by atoms with Gasteiger partial charge < -0.3 is 35.0 Å². The second kappa shape index (κ2) is 11.5. The molecular formula is C24H29F4N5O4. The number of aliphatic hydroxyl groups is 1. The maximum Gasteiger partial charge on any atom is 0.405 e. The zero-order valence-corrected chi connectivity index (χ0v) is 20.3. The highest BCUT2D eigenvalue weighted by atomic mass is 19.4. The van der Waals surface area contributed by atoms with Crippen LogP contribution in [0.15, 0.2) is 24.3 Å². The van der Waals surface area contributed by atoms with Crippen molar-refractivity contribution in [3.8, 4) is 17.0 Å². The van der Waals surface area contributed by atoms with Crippen molar-refractivity contribution in [2.75, 3.05) is 69.4 Å². The Morgan fingerprint density at radius 1 is 1.24 bits per heavy atom. The molecule has 3 heterocycles. The van der Waals surface area contributed by atoms with Gasteiger partial charge in [-0.1, -0.05) is 0 Å². The lowest BCUT2D eigenvalue weighted by Gasteiger charge is -2.34. The smallest absolute Gasteiger partial charge is 0.405 e. The fraction of sp³-hybridized carbons (Fsp3) is 0.500. The number of pyridine rings is 1. The number of carbonyl (C=O) groups is 1. The van der Waals surface area contributed by atoms with Crippen LogP contribution in [0.25, 0.3) is 11.1 Å². The molecule has 202 valence electrons. The Hall–Kier alpha value is -3.16. The summed E-state index contributed by atoms with van der Waals surface area (Å²) in [5.74, 6) is 0.166. The van der Waals surface area contributed by atoms with Gasteiger partial charge in [0.05, 0.1) is 25.5 Å². The van der Waals surface area contributed by atoms with Crippen LogP contribution in [0.3, 0.4) is 0 Å². The van der Waals surface area contributed by atoms with E-state index in [0.717, 1.165) is 4.90 Å². The van der Waals surface area contributed by atoms with Gasteiger partial charge >= 0.3 is 12.2 Å². The number of nitrogens with zero attached hydrogens (tertiary/aromatic N) is 3. The van der Waals surface area contributed by atoms with E-state index in [2.05, 4.69) is 15.6 Å². The number of piperazine rings is 1. The van der Waals surface area contributed by atoms with Crippen molar-refractivity contribution in [2.45, 2.75) is 19.1 Å². The highest BCUT2D eigenvalue weighted by Crippen LogP contribution is 2.33. The van der Waals surface area contributed by atoms with Gasteiger partial charge in [-0.05, 0) is 41.8 Å². The number of halogens is 4. The minimum atomic E-state index is -4.50. The van der Waals surface area contributed by atoms with Crippen molar-refractivity contribution in [1.82, 2.24) is 15.2 Å². The number of rotatable bonds is 6. The minimum Gasteiger partial charge on any atom is -0.475 e. The first-order chi connectivity index (χ1) is 17.7. The molecule has 2 fully saturated rings. The molecule has 0 spiro atoms. The maximum absolute atomic E-state index is 14.8. The molecule has 3 N–H and O–H groups in total. The second-order valence-electron chi connectivity index (χ2n) is 8.80. The number of benzene rings is 1. The number of amides is 2. The summed E-state index contributed by atoms with van der Waals surface area (Å²) in [6, 6.07) is 3.49. The van der Waals surface area contributed by atoms with Crippen molar-refractivity contribution in [1.29, 1.82) is 0 Å². The molecule has 2 aliphatic rings. The van der Waals surface area contributed by atoms with E-state index in [4.69, 9.17) is 14.6 Å². The summed E-state index contributed by atoms with van der Waals surface area (Å²) < 4.78 is 65.1. The molecule has 0 saturated carbocycles. The average molecular weight is 528 g/mol. The standard InChI is InChI=1S/C24H29F4N5O4/c1-15-10-18(25)19(30-23(35)33-3-2-29-20(14-33)24(26,27)28)13-17(15)16-11-21(32-4-7-36-8-5-32)31-22(12-16)37-9-6-34/h10-13,20,29,34H,2-9,14H2,1H3,(H,30,35). The van der Waals surface area contributed by atoms with Crippen molar-refractivity contribution in [3.05, 3.63) is 35.6 Å². The number of aromatic nitrogens is 1. The summed E-state index contributed by atoms with van der Waals surface area (Å²) >= 11 is 0. The number of aryl methyl sites for hydroxylation is 1. The Morgan fingerprint density at radius 3 is 2.70 bits per heavy atom. The molecule has 0 bridgehead atoms. The lowest BCUT2D eigenvalue weighted by atomic mass is 10.00.